The van der Waals surface area contributed by atoms with Crippen LogP contribution in [0.2, 0.25) is 0 Å². The first kappa shape index (κ1) is 14.6. The molecule has 0 unspecified atom stereocenters. The summed E-state index contributed by atoms with van der Waals surface area (Å²) >= 11 is 0. The second kappa shape index (κ2) is 5.43. The van der Waals surface area contributed by atoms with E-state index >= 15 is 0 Å². The molecule has 4 nitrogen and oxygen atoms in total. The average molecular weight is 304 g/mol. The molecule has 0 aromatic heterocycles. The molecule has 2 aliphatic rings. The summed E-state index contributed by atoms with van der Waals surface area (Å²) in [7, 11) is -3.53. The van der Waals surface area contributed by atoms with Gasteiger partial charge in [0.05, 0.1) is 16.5 Å². The number of nitrogens with zero attached hydrogens (tertiary/aromatic N) is 1. The third-order valence-electron chi connectivity index (χ3n) is 4.57. The Kier molecular flexibility index (Phi) is 3.76. The van der Waals surface area contributed by atoms with Gasteiger partial charge < -0.3 is 0 Å². The minimum Gasteiger partial charge on any atom is -0.211 e. The Morgan fingerprint density at radius 3 is 2.43 bits per heavy atom. The minimum atomic E-state index is -3.53. The van der Waals surface area contributed by atoms with Crippen molar-refractivity contribution in [1.29, 1.82) is 5.26 Å². The number of sulfonamides is 1. The van der Waals surface area contributed by atoms with Gasteiger partial charge in [0.15, 0.2) is 0 Å². The summed E-state index contributed by atoms with van der Waals surface area (Å²) in [5.74, 6) is 1.93. The predicted molar refractivity (Wildman–Crippen MR) is 80.0 cm³/mol. The first-order chi connectivity index (χ1) is 10.0. The summed E-state index contributed by atoms with van der Waals surface area (Å²) in [6.07, 6.45) is 4.97. The number of hydrogen-bond donors (Lipinski definition) is 1. The van der Waals surface area contributed by atoms with Crippen molar-refractivity contribution in [3.05, 3.63) is 29.3 Å². The Balaban J connectivity index is 1.75. The zero-order chi connectivity index (χ0) is 15.0. The summed E-state index contributed by atoms with van der Waals surface area (Å²) in [4.78, 5) is 0.229. The van der Waals surface area contributed by atoms with E-state index in [4.69, 9.17) is 5.26 Å². The molecule has 3 rings (SSSR count). The van der Waals surface area contributed by atoms with E-state index in [1.807, 2.05) is 6.07 Å². The van der Waals surface area contributed by atoms with Crippen molar-refractivity contribution in [2.75, 3.05) is 6.54 Å². The van der Waals surface area contributed by atoms with Gasteiger partial charge in [0.25, 0.3) is 0 Å². The van der Waals surface area contributed by atoms with Gasteiger partial charge in [-0.15, -0.1) is 0 Å². The molecule has 0 saturated heterocycles. The zero-order valence-electron chi connectivity index (χ0n) is 12.2. The Hall–Kier alpha value is -1.38. The topological polar surface area (TPSA) is 70.0 Å². The van der Waals surface area contributed by atoms with Crippen LogP contribution in [0.4, 0.5) is 0 Å². The zero-order valence-corrected chi connectivity index (χ0v) is 13.0. The molecule has 5 heteroatoms. The van der Waals surface area contributed by atoms with Crippen LogP contribution in [0.1, 0.15) is 36.8 Å². The van der Waals surface area contributed by atoms with Crippen LogP contribution < -0.4 is 4.72 Å². The van der Waals surface area contributed by atoms with E-state index < -0.39 is 10.0 Å². The molecule has 1 aromatic carbocycles. The SMILES string of the molecule is Cc1ccc(C#N)cc1S(=O)(=O)NCC(C1CC1)C1CC1. The van der Waals surface area contributed by atoms with Crippen LogP contribution in [-0.2, 0) is 10.0 Å². The fourth-order valence-corrected chi connectivity index (χ4v) is 4.35. The second-order valence-electron chi connectivity index (χ2n) is 6.28. The summed E-state index contributed by atoms with van der Waals surface area (Å²) < 4.78 is 27.8. The molecule has 0 heterocycles. The summed E-state index contributed by atoms with van der Waals surface area (Å²) in [6.45, 7) is 2.29. The Bertz CT molecular complexity index is 671. The van der Waals surface area contributed by atoms with Gasteiger partial charge in [0.2, 0.25) is 10.0 Å². The van der Waals surface area contributed by atoms with Crippen LogP contribution in [0.5, 0.6) is 0 Å². The van der Waals surface area contributed by atoms with E-state index in [2.05, 4.69) is 4.72 Å². The van der Waals surface area contributed by atoms with Crippen molar-refractivity contribution in [3.63, 3.8) is 0 Å². The van der Waals surface area contributed by atoms with Gasteiger partial charge in [-0.1, -0.05) is 6.07 Å². The summed E-state index contributed by atoms with van der Waals surface area (Å²) in [5.41, 5.74) is 1.05. The van der Waals surface area contributed by atoms with Crippen LogP contribution in [0.15, 0.2) is 23.1 Å². The fourth-order valence-electron chi connectivity index (χ4n) is 3.01. The molecule has 2 fully saturated rings. The molecule has 0 spiro atoms. The van der Waals surface area contributed by atoms with Crippen LogP contribution in [0, 0.1) is 36.0 Å². The smallest absolute Gasteiger partial charge is 0.211 e. The average Bonchev–Trinajstić information content (AvgIpc) is 3.33. The number of nitrogens with one attached hydrogen (secondary N) is 1. The van der Waals surface area contributed by atoms with Gasteiger partial charge in [0.1, 0.15) is 0 Å². The quantitative estimate of drug-likeness (QED) is 0.878. The largest absolute Gasteiger partial charge is 0.240 e. The Labute approximate surface area is 126 Å². The Morgan fingerprint density at radius 2 is 1.90 bits per heavy atom. The minimum absolute atomic E-state index is 0.229. The monoisotopic (exact) mass is 304 g/mol. The Morgan fingerprint density at radius 1 is 1.29 bits per heavy atom. The van der Waals surface area contributed by atoms with Crippen LogP contribution in [-0.4, -0.2) is 15.0 Å². The predicted octanol–water partition coefficient (Wildman–Crippen LogP) is 2.58. The third-order valence-corrected chi connectivity index (χ3v) is 6.14. The van der Waals surface area contributed by atoms with Crippen molar-refractivity contribution in [2.24, 2.45) is 17.8 Å². The van der Waals surface area contributed by atoms with Gasteiger partial charge in [-0.05, 0) is 68.1 Å². The number of aryl methyl sites for hydroxylation is 1. The van der Waals surface area contributed by atoms with Gasteiger partial charge >= 0.3 is 0 Å². The van der Waals surface area contributed by atoms with E-state index in [-0.39, 0.29) is 4.90 Å². The van der Waals surface area contributed by atoms with Crippen LogP contribution in [0.3, 0.4) is 0 Å². The number of rotatable bonds is 6. The van der Waals surface area contributed by atoms with E-state index in [1.165, 1.54) is 31.7 Å². The molecule has 0 radical (unpaired) electrons. The molecule has 0 amide bonds. The first-order valence-corrected chi connectivity index (χ1v) is 9.00. The van der Waals surface area contributed by atoms with Crippen molar-refractivity contribution >= 4 is 10.0 Å². The highest BCUT2D eigenvalue weighted by Crippen LogP contribution is 2.48. The lowest BCUT2D eigenvalue weighted by molar-refractivity contribution is 0.401. The highest BCUT2D eigenvalue weighted by molar-refractivity contribution is 7.89. The fraction of sp³-hybridized carbons (Fsp3) is 0.562. The molecule has 0 atom stereocenters. The van der Waals surface area contributed by atoms with E-state index in [0.29, 0.717) is 35.4 Å². The maximum atomic E-state index is 12.5. The van der Waals surface area contributed by atoms with Crippen LogP contribution >= 0.6 is 0 Å². The van der Waals surface area contributed by atoms with Crippen molar-refractivity contribution in [1.82, 2.24) is 4.72 Å². The maximum Gasteiger partial charge on any atom is 0.240 e. The lowest BCUT2D eigenvalue weighted by Gasteiger charge is -2.17. The number of nitriles is 1. The summed E-state index contributed by atoms with van der Waals surface area (Å²) in [5, 5.41) is 8.93. The molecule has 1 aromatic rings. The molecule has 2 aliphatic carbocycles. The molecular weight excluding hydrogens is 284 g/mol. The van der Waals surface area contributed by atoms with Crippen molar-refractivity contribution in [2.45, 2.75) is 37.5 Å². The first-order valence-electron chi connectivity index (χ1n) is 7.51. The second-order valence-corrected chi connectivity index (χ2v) is 8.02. The third kappa shape index (κ3) is 3.28. The molecule has 2 saturated carbocycles. The van der Waals surface area contributed by atoms with Gasteiger partial charge in [-0.3, -0.25) is 0 Å². The summed E-state index contributed by atoms with van der Waals surface area (Å²) in [6, 6.07) is 6.79. The highest BCUT2D eigenvalue weighted by Gasteiger charge is 2.41. The van der Waals surface area contributed by atoms with Crippen molar-refractivity contribution < 1.29 is 8.42 Å². The molecular formula is C16H20N2O2S. The van der Waals surface area contributed by atoms with Crippen LogP contribution in [0.25, 0.3) is 0 Å². The van der Waals surface area contributed by atoms with Gasteiger partial charge in [-0.25, -0.2) is 13.1 Å². The molecule has 1 N–H and O–H groups in total. The molecule has 0 bridgehead atoms. The lowest BCUT2D eigenvalue weighted by Crippen LogP contribution is -2.31. The lowest BCUT2D eigenvalue weighted by atomic mass is 9.99. The maximum absolute atomic E-state index is 12.5. The van der Waals surface area contributed by atoms with Gasteiger partial charge in [0, 0.05) is 6.54 Å². The highest BCUT2D eigenvalue weighted by atomic mass is 32.2. The van der Waals surface area contributed by atoms with E-state index in [1.54, 1.807) is 19.1 Å². The van der Waals surface area contributed by atoms with E-state index in [9.17, 15) is 8.42 Å². The number of hydrogen-bond acceptors (Lipinski definition) is 3. The molecule has 21 heavy (non-hydrogen) atoms. The molecule has 0 aliphatic heterocycles. The van der Waals surface area contributed by atoms with Gasteiger partial charge in [-0.2, -0.15) is 5.26 Å². The normalized spacial score (nSPS) is 18.7. The molecule has 112 valence electrons. The number of benzene rings is 1. The standard InChI is InChI=1S/C16H20N2O2S/c1-11-2-3-12(9-17)8-16(11)21(19,20)18-10-15(13-4-5-13)14-6-7-14/h2-3,8,13-15,18H,4-7,10H2,1H3. The van der Waals surface area contributed by atoms with Crippen molar-refractivity contribution in [3.8, 4) is 6.07 Å². The van der Waals surface area contributed by atoms with E-state index in [0.717, 1.165) is 0 Å².